The highest BCUT2D eigenvalue weighted by atomic mass is 32.1. The number of fused-ring (bicyclic) bond motifs is 13. The molecular formula is C40H23N3S. The molecule has 0 N–H and O–H groups in total. The van der Waals surface area contributed by atoms with Gasteiger partial charge in [0.05, 0.1) is 22.2 Å². The molecule has 0 aliphatic carbocycles. The second-order valence-electron chi connectivity index (χ2n) is 11.3. The topological polar surface area (TPSA) is 30.7 Å². The molecule has 0 aliphatic heterocycles. The average molecular weight is 578 g/mol. The van der Waals surface area contributed by atoms with E-state index in [0.717, 1.165) is 33.2 Å². The van der Waals surface area contributed by atoms with Crippen LogP contribution in [-0.4, -0.2) is 14.5 Å². The van der Waals surface area contributed by atoms with Gasteiger partial charge in [0.15, 0.2) is 0 Å². The SMILES string of the molecule is c1ccc(-c2nc(-n3c4ccccc4c4c5ccc6c7ccccc7sc6c5c5ccccc5c43)nc3ccccc23)cc1. The molecule has 0 atom stereocenters. The molecule has 10 rings (SSSR count). The zero-order valence-corrected chi connectivity index (χ0v) is 24.3. The number of hydrogen-bond acceptors (Lipinski definition) is 3. The van der Waals surface area contributed by atoms with E-state index in [-0.39, 0.29) is 0 Å². The van der Waals surface area contributed by atoms with Gasteiger partial charge < -0.3 is 0 Å². The van der Waals surface area contributed by atoms with Gasteiger partial charge >= 0.3 is 0 Å². The van der Waals surface area contributed by atoms with Crippen LogP contribution in [0.2, 0.25) is 0 Å². The molecule has 0 saturated heterocycles. The standard InChI is InChI=1S/C40H23N3S/c1-2-12-24(13-3-1)37-29-17-6-9-19-32(29)41-40(42-37)43-33-20-10-7-18-30(33)35-31-23-22-28-25-14-8-11-21-34(25)44-39(28)36(31)26-15-4-5-16-27(26)38(35)43/h1-23H. The Morgan fingerprint density at radius 1 is 0.455 bits per heavy atom. The van der Waals surface area contributed by atoms with Gasteiger partial charge in [-0.3, -0.25) is 4.57 Å². The summed E-state index contributed by atoms with van der Waals surface area (Å²) < 4.78 is 4.95. The van der Waals surface area contributed by atoms with E-state index in [1.54, 1.807) is 0 Å². The number of aromatic nitrogens is 3. The van der Waals surface area contributed by atoms with Crippen LogP contribution in [0.5, 0.6) is 0 Å². The fraction of sp³-hybridized carbons (Fsp3) is 0. The van der Waals surface area contributed by atoms with Crippen molar-refractivity contribution in [1.29, 1.82) is 0 Å². The molecule has 204 valence electrons. The first-order valence-corrected chi connectivity index (χ1v) is 15.7. The molecule has 4 heteroatoms. The van der Waals surface area contributed by atoms with E-state index < -0.39 is 0 Å². The van der Waals surface area contributed by atoms with Crippen LogP contribution in [0.4, 0.5) is 0 Å². The van der Waals surface area contributed by atoms with E-state index in [0.29, 0.717) is 5.95 Å². The first-order chi connectivity index (χ1) is 21.8. The molecule has 0 aliphatic rings. The Morgan fingerprint density at radius 2 is 1.11 bits per heavy atom. The van der Waals surface area contributed by atoms with Crippen molar-refractivity contribution >= 4 is 85.8 Å². The number of hydrogen-bond donors (Lipinski definition) is 0. The molecule has 0 amide bonds. The molecule has 0 radical (unpaired) electrons. The highest BCUT2D eigenvalue weighted by molar-refractivity contribution is 7.26. The Hall–Kier alpha value is -5.58. The number of nitrogens with zero attached hydrogens (tertiary/aromatic N) is 3. The second-order valence-corrected chi connectivity index (χ2v) is 12.4. The number of benzene rings is 7. The first kappa shape index (κ1) is 23.9. The first-order valence-electron chi connectivity index (χ1n) is 14.9. The molecule has 0 unspecified atom stereocenters. The van der Waals surface area contributed by atoms with E-state index in [1.807, 2.05) is 17.4 Å². The van der Waals surface area contributed by atoms with E-state index in [1.165, 1.54) is 52.5 Å². The van der Waals surface area contributed by atoms with Gasteiger partial charge in [-0.15, -0.1) is 11.3 Å². The number of para-hydroxylation sites is 2. The number of rotatable bonds is 2. The molecule has 0 bridgehead atoms. The third-order valence-corrected chi connectivity index (χ3v) is 10.2. The summed E-state index contributed by atoms with van der Waals surface area (Å²) in [6.45, 7) is 0. The Bertz CT molecular complexity index is 2770. The highest BCUT2D eigenvalue weighted by Gasteiger charge is 2.23. The van der Waals surface area contributed by atoms with Crippen molar-refractivity contribution < 1.29 is 0 Å². The molecule has 3 nitrogen and oxygen atoms in total. The minimum absolute atomic E-state index is 0.682. The van der Waals surface area contributed by atoms with E-state index in [4.69, 9.17) is 9.97 Å². The Kier molecular flexibility index (Phi) is 4.87. The minimum Gasteiger partial charge on any atom is -0.277 e. The van der Waals surface area contributed by atoms with Gasteiger partial charge in [-0.25, -0.2) is 9.97 Å². The lowest BCUT2D eigenvalue weighted by atomic mass is 9.95. The summed E-state index contributed by atoms with van der Waals surface area (Å²) in [5, 5.41) is 11.2. The lowest BCUT2D eigenvalue weighted by Gasteiger charge is -2.14. The van der Waals surface area contributed by atoms with Crippen molar-refractivity contribution in [2.45, 2.75) is 0 Å². The fourth-order valence-electron chi connectivity index (χ4n) is 7.13. The van der Waals surface area contributed by atoms with Crippen molar-refractivity contribution in [2.75, 3.05) is 0 Å². The van der Waals surface area contributed by atoms with Crippen molar-refractivity contribution in [3.05, 3.63) is 140 Å². The van der Waals surface area contributed by atoms with Crippen LogP contribution in [0.3, 0.4) is 0 Å². The zero-order chi connectivity index (χ0) is 28.8. The maximum atomic E-state index is 5.33. The van der Waals surface area contributed by atoms with Crippen LogP contribution >= 0.6 is 11.3 Å². The zero-order valence-electron chi connectivity index (χ0n) is 23.5. The van der Waals surface area contributed by atoms with Crippen LogP contribution in [0, 0.1) is 0 Å². The third-order valence-electron chi connectivity index (χ3n) is 8.98. The molecule has 10 aromatic rings. The predicted molar refractivity (Wildman–Crippen MR) is 187 cm³/mol. The maximum absolute atomic E-state index is 5.33. The summed E-state index contributed by atoms with van der Waals surface area (Å²) in [5.74, 6) is 0.682. The largest absolute Gasteiger partial charge is 0.277 e. The van der Waals surface area contributed by atoms with Crippen LogP contribution in [0.15, 0.2) is 140 Å². The Balaban J connectivity index is 1.43. The molecule has 0 saturated carbocycles. The van der Waals surface area contributed by atoms with Crippen LogP contribution in [-0.2, 0) is 0 Å². The van der Waals surface area contributed by atoms with Gasteiger partial charge in [-0.2, -0.15) is 0 Å². The summed E-state index contributed by atoms with van der Waals surface area (Å²) >= 11 is 1.89. The quantitative estimate of drug-likeness (QED) is 0.191. The summed E-state index contributed by atoms with van der Waals surface area (Å²) in [6, 6.07) is 49.7. The molecule has 44 heavy (non-hydrogen) atoms. The van der Waals surface area contributed by atoms with Crippen molar-refractivity contribution in [2.24, 2.45) is 0 Å². The molecule has 3 aromatic heterocycles. The summed E-state index contributed by atoms with van der Waals surface area (Å²) in [4.78, 5) is 10.6. The third kappa shape index (κ3) is 3.20. The summed E-state index contributed by atoms with van der Waals surface area (Å²) in [5.41, 5.74) is 5.19. The molecule has 0 fully saturated rings. The predicted octanol–water partition coefficient (Wildman–Crippen LogP) is 11.1. The second kappa shape index (κ2) is 8.96. The normalized spacial score (nSPS) is 12.1. The van der Waals surface area contributed by atoms with Crippen molar-refractivity contribution in [3.8, 4) is 17.2 Å². The molecular weight excluding hydrogens is 555 g/mol. The van der Waals surface area contributed by atoms with Crippen LogP contribution < -0.4 is 0 Å². The van der Waals surface area contributed by atoms with Gasteiger partial charge in [0, 0.05) is 52.7 Å². The summed E-state index contributed by atoms with van der Waals surface area (Å²) in [6.07, 6.45) is 0. The van der Waals surface area contributed by atoms with E-state index in [2.05, 4.69) is 138 Å². The van der Waals surface area contributed by atoms with Crippen molar-refractivity contribution in [1.82, 2.24) is 14.5 Å². The maximum Gasteiger partial charge on any atom is 0.235 e. The van der Waals surface area contributed by atoms with Gasteiger partial charge in [-0.1, -0.05) is 121 Å². The van der Waals surface area contributed by atoms with E-state index in [9.17, 15) is 0 Å². The molecule has 7 aromatic carbocycles. The van der Waals surface area contributed by atoms with Crippen LogP contribution in [0.25, 0.3) is 91.6 Å². The Labute approximate surface area is 256 Å². The average Bonchev–Trinajstić information content (AvgIpc) is 3.65. The minimum atomic E-state index is 0.682. The molecule has 0 spiro atoms. The lowest BCUT2D eigenvalue weighted by molar-refractivity contribution is 1.02. The molecule has 3 heterocycles. The van der Waals surface area contributed by atoms with Gasteiger partial charge in [-0.05, 0) is 29.0 Å². The monoisotopic (exact) mass is 577 g/mol. The van der Waals surface area contributed by atoms with E-state index >= 15 is 0 Å². The smallest absolute Gasteiger partial charge is 0.235 e. The van der Waals surface area contributed by atoms with Gasteiger partial charge in [0.1, 0.15) is 0 Å². The highest BCUT2D eigenvalue weighted by Crippen LogP contribution is 2.47. The number of thiophene rings is 1. The van der Waals surface area contributed by atoms with Crippen molar-refractivity contribution in [3.63, 3.8) is 0 Å². The van der Waals surface area contributed by atoms with Crippen LogP contribution in [0.1, 0.15) is 0 Å². The fourth-order valence-corrected chi connectivity index (χ4v) is 8.39. The Morgan fingerprint density at radius 3 is 1.98 bits per heavy atom. The van der Waals surface area contributed by atoms with Gasteiger partial charge in [0.25, 0.3) is 0 Å². The van der Waals surface area contributed by atoms with Gasteiger partial charge in [0.2, 0.25) is 5.95 Å². The summed E-state index contributed by atoms with van der Waals surface area (Å²) in [7, 11) is 0. The lowest BCUT2D eigenvalue weighted by Crippen LogP contribution is -2.03.